The van der Waals surface area contributed by atoms with Gasteiger partial charge < -0.3 is 13.3 Å². The average Bonchev–Trinajstić information content (AvgIpc) is 2.44. The fourth-order valence-electron chi connectivity index (χ4n) is 2.08. The van der Waals surface area contributed by atoms with E-state index in [1.54, 1.807) is 0 Å². The van der Waals surface area contributed by atoms with Crippen LogP contribution >= 0.6 is 0 Å². The Bertz CT molecular complexity index is 369. The van der Waals surface area contributed by atoms with Crippen LogP contribution in [0.25, 0.3) is 0 Å². The molecule has 0 amide bonds. The van der Waals surface area contributed by atoms with E-state index in [9.17, 15) is 35.1 Å². The molecule has 0 atom stereocenters. The first-order chi connectivity index (χ1) is 11.3. The third-order valence-corrected chi connectivity index (χ3v) is 6.14. The Labute approximate surface area is 142 Å². The van der Waals surface area contributed by atoms with Crippen LogP contribution in [0, 0.1) is 0 Å². The van der Waals surface area contributed by atoms with Crippen molar-refractivity contribution in [1.82, 2.24) is 0 Å². The van der Waals surface area contributed by atoms with Crippen LogP contribution in [0.3, 0.4) is 0 Å². The van der Waals surface area contributed by atoms with Gasteiger partial charge in [-0.3, -0.25) is 0 Å². The summed E-state index contributed by atoms with van der Waals surface area (Å²) in [6.45, 7) is -0.333. The van der Waals surface area contributed by atoms with E-state index in [1.807, 2.05) is 0 Å². The van der Waals surface area contributed by atoms with Gasteiger partial charge in [0.05, 0.1) is 0 Å². The molecule has 0 aliphatic carbocycles. The molecule has 0 saturated carbocycles. The van der Waals surface area contributed by atoms with Crippen LogP contribution in [-0.2, 0) is 13.3 Å². The molecule has 0 fully saturated rings. The Morgan fingerprint density at radius 3 is 1.56 bits per heavy atom. The van der Waals surface area contributed by atoms with Gasteiger partial charge in [-0.2, -0.15) is 26.3 Å². The molecule has 0 heterocycles. The summed E-state index contributed by atoms with van der Waals surface area (Å²) in [6, 6.07) is 0. The van der Waals surface area contributed by atoms with Gasteiger partial charge in [-0.05, 0) is 19.3 Å². The molecule has 0 radical (unpaired) electrons. The van der Waals surface area contributed by atoms with E-state index in [1.165, 1.54) is 0 Å². The van der Waals surface area contributed by atoms with Crippen LogP contribution in [-0.4, -0.2) is 47.5 Å². The highest BCUT2D eigenvalue weighted by atomic mass is 28.4. The zero-order valence-corrected chi connectivity index (χ0v) is 14.9. The van der Waals surface area contributed by atoms with Gasteiger partial charge in [0.15, 0.2) is 0 Å². The van der Waals surface area contributed by atoms with Crippen LogP contribution in [0.4, 0.5) is 35.1 Å². The van der Waals surface area contributed by atoms with Crippen molar-refractivity contribution in [3.63, 3.8) is 0 Å². The molecule has 0 aliphatic heterocycles. The van der Waals surface area contributed by atoms with Crippen molar-refractivity contribution < 1.29 is 48.4 Å². The second kappa shape index (κ2) is 10.0. The molecule has 152 valence electrons. The first kappa shape index (κ1) is 24.5. The van der Waals surface area contributed by atoms with Gasteiger partial charge in [0, 0.05) is 40.1 Å². The van der Waals surface area contributed by atoms with Crippen molar-refractivity contribution in [3.8, 4) is 0 Å². The summed E-state index contributed by atoms with van der Waals surface area (Å²) in [4.78, 5) is 0. The lowest BCUT2D eigenvalue weighted by Gasteiger charge is -2.33. The van der Waals surface area contributed by atoms with E-state index in [4.69, 9.17) is 4.43 Å². The van der Waals surface area contributed by atoms with E-state index in [2.05, 4.69) is 8.85 Å². The molecule has 12 heteroatoms. The molecule has 0 aromatic rings. The number of unbranched alkanes of at least 4 members (excludes halogenated alkanes) is 2. The predicted octanol–water partition coefficient (Wildman–Crippen LogP) is 5.26. The predicted molar refractivity (Wildman–Crippen MR) is 75.1 cm³/mol. The van der Waals surface area contributed by atoms with Crippen LogP contribution in [0.1, 0.15) is 44.9 Å². The number of hydrogen-bond donors (Lipinski definition) is 0. The molecule has 0 N–H and O–H groups in total. The van der Waals surface area contributed by atoms with Crippen LogP contribution in [0.5, 0.6) is 0 Å². The lowest BCUT2D eigenvalue weighted by Crippen LogP contribution is -2.60. The van der Waals surface area contributed by atoms with E-state index >= 15 is 0 Å². The third-order valence-electron chi connectivity index (χ3n) is 3.33. The van der Waals surface area contributed by atoms with E-state index in [-0.39, 0.29) is 25.9 Å². The molecule has 0 bridgehead atoms. The molecular weight excluding hydrogens is 384 g/mol. The summed E-state index contributed by atoms with van der Waals surface area (Å²) < 4.78 is 115. The molecule has 3 nitrogen and oxygen atoms in total. The summed E-state index contributed by atoms with van der Waals surface area (Å²) in [5.74, 6) is 0. The fraction of sp³-hybridized carbons (Fsp3) is 1.00. The van der Waals surface area contributed by atoms with Gasteiger partial charge >= 0.3 is 26.7 Å². The maximum Gasteiger partial charge on any atom is 0.574 e. The smallest absolute Gasteiger partial charge is 0.373 e. The third kappa shape index (κ3) is 9.71. The number of rotatable bonds is 12. The van der Waals surface area contributed by atoms with Crippen molar-refractivity contribution in [3.05, 3.63) is 0 Å². The van der Waals surface area contributed by atoms with Gasteiger partial charge in [-0.25, -0.2) is 8.78 Å². The van der Waals surface area contributed by atoms with Crippen LogP contribution in [0.2, 0.25) is 0 Å². The summed E-state index contributed by atoms with van der Waals surface area (Å²) >= 11 is 0. The minimum Gasteiger partial charge on any atom is -0.373 e. The Kier molecular flexibility index (Phi) is 9.84. The summed E-state index contributed by atoms with van der Waals surface area (Å²) in [5.41, 5.74) is -3.74. The first-order valence-electron chi connectivity index (χ1n) is 7.54. The van der Waals surface area contributed by atoms with Gasteiger partial charge in [-0.1, -0.05) is 6.42 Å². The molecule has 0 spiro atoms. The standard InChI is InChI=1S/C13H22F8O3Si/c1-22-25(23-2,13(20,21)9-6-8-12(17,18)19)24-10-5-3-4-7-11(14,15)16/h3-10H2,1-2H3. The SMILES string of the molecule is CO[Si](OC)(OCCCCCC(F)(F)F)C(F)(F)CCCC(F)(F)F. The van der Waals surface area contributed by atoms with Crippen LogP contribution in [0.15, 0.2) is 0 Å². The molecule has 0 aromatic heterocycles. The Morgan fingerprint density at radius 1 is 0.640 bits per heavy atom. The Morgan fingerprint density at radius 2 is 1.12 bits per heavy atom. The molecule has 0 rings (SSSR count). The molecule has 0 aliphatic rings. The first-order valence-corrected chi connectivity index (χ1v) is 9.26. The second-order valence-electron chi connectivity index (χ2n) is 5.41. The van der Waals surface area contributed by atoms with E-state index in [0.717, 1.165) is 14.2 Å². The van der Waals surface area contributed by atoms with Crippen molar-refractivity contribution in [2.45, 2.75) is 62.8 Å². The second-order valence-corrected chi connectivity index (χ2v) is 8.36. The average molecular weight is 406 g/mol. The van der Waals surface area contributed by atoms with Crippen molar-refractivity contribution in [1.29, 1.82) is 0 Å². The zero-order valence-electron chi connectivity index (χ0n) is 13.9. The monoisotopic (exact) mass is 406 g/mol. The largest absolute Gasteiger partial charge is 0.574 e. The van der Waals surface area contributed by atoms with Crippen molar-refractivity contribution in [2.75, 3.05) is 20.8 Å². The normalized spacial score (nSPS) is 14.2. The quantitative estimate of drug-likeness (QED) is 0.251. The zero-order chi connectivity index (χ0) is 19.8. The maximum absolute atomic E-state index is 14.2. The minimum atomic E-state index is -4.59. The minimum absolute atomic E-state index is 0.0657. The Hall–Kier alpha value is -0.463. The van der Waals surface area contributed by atoms with Gasteiger partial charge in [0.2, 0.25) is 0 Å². The number of hydrogen-bond acceptors (Lipinski definition) is 3. The topological polar surface area (TPSA) is 27.7 Å². The van der Waals surface area contributed by atoms with Crippen molar-refractivity contribution in [2.24, 2.45) is 0 Å². The highest BCUT2D eigenvalue weighted by molar-refractivity contribution is 6.63. The van der Waals surface area contributed by atoms with Gasteiger partial charge in [-0.15, -0.1) is 0 Å². The molecule has 0 aromatic carbocycles. The molecular formula is C13H22F8O3Si. The Balaban J connectivity index is 4.50. The highest BCUT2D eigenvalue weighted by Gasteiger charge is 2.63. The summed E-state index contributed by atoms with van der Waals surface area (Å²) in [5, 5.41) is 0. The fourth-order valence-corrected chi connectivity index (χ4v) is 4.19. The summed E-state index contributed by atoms with van der Waals surface area (Å²) in [7, 11) is -2.79. The number of alkyl halides is 8. The lowest BCUT2D eigenvalue weighted by atomic mass is 10.2. The maximum atomic E-state index is 14.2. The lowest BCUT2D eigenvalue weighted by molar-refractivity contribution is -0.139. The highest BCUT2D eigenvalue weighted by Crippen LogP contribution is 2.36. The number of halogens is 8. The van der Waals surface area contributed by atoms with Crippen molar-refractivity contribution >= 4 is 8.80 Å². The van der Waals surface area contributed by atoms with Gasteiger partial charge in [0.25, 0.3) is 0 Å². The molecule has 0 saturated heterocycles. The van der Waals surface area contributed by atoms with E-state index in [0.29, 0.717) is 0 Å². The summed E-state index contributed by atoms with van der Waals surface area (Å²) in [6.07, 6.45) is -13.2. The van der Waals surface area contributed by atoms with E-state index < -0.39 is 52.4 Å². The van der Waals surface area contributed by atoms with Crippen LogP contribution < -0.4 is 0 Å². The molecule has 0 unspecified atom stereocenters. The van der Waals surface area contributed by atoms with Gasteiger partial charge in [0.1, 0.15) is 0 Å². The molecule has 25 heavy (non-hydrogen) atoms.